The summed E-state index contributed by atoms with van der Waals surface area (Å²) >= 11 is 0. The number of halogens is 1. The van der Waals surface area contributed by atoms with Gasteiger partial charge in [0, 0.05) is 11.8 Å². The molecule has 0 fully saturated rings. The standard InChI is InChI=1S/C26H14FN5O3/c27-16-9-3-1-7-14(16)19-20-22(15-8-2-4-11-18(15)34-26(20)33)35-25-21(19)24-30-23(31-32(24)13-29-25)17-10-5-6-12-28-17/h1-13,19H. The van der Waals surface area contributed by atoms with Gasteiger partial charge in [-0.2, -0.15) is 0 Å². The van der Waals surface area contributed by atoms with Gasteiger partial charge in [0.1, 0.15) is 23.4 Å². The minimum absolute atomic E-state index is 0.179. The van der Waals surface area contributed by atoms with E-state index < -0.39 is 17.4 Å². The number of nitrogens with zero attached hydrogens (tertiary/aromatic N) is 5. The molecule has 1 atom stereocenters. The molecule has 7 rings (SSSR count). The second-order valence-corrected chi connectivity index (χ2v) is 8.07. The molecule has 5 heterocycles. The lowest BCUT2D eigenvalue weighted by atomic mass is 9.84. The highest BCUT2D eigenvalue weighted by Gasteiger charge is 2.38. The number of pyridine rings is 1. The van der Waals surface area contributed by atoms with Crippen molar-refractivity contribution in [1.82, 2.24) is 24.6 Å². The van der Waals surface area contributed by atoms with Gasteiger partial charge in [-0.15, -0.1) is 5.10 Å². The summed E-state index contributed by atoms with van der Waals surface area (Å²) < 4.78 is 28.5. The van der Waals surface area contributed by atoms with Crippen molar-refractivity contribution in [2.24, 2.45) is 0 Å². The van der Waals surface area contributed by atoms with Crippen molar-refractivity contribution in [3.8, 4) is 23.1 Å². The molecule has 0 saturated heterocycles. The van der Waals surface area contributed by atoms with Crippen LogP contribution in [0.1, 0.15) is 22.6 Å². The summed E-state index contributed by atoms with van der Waals surface area (Å²) in [6.07, 6.45) is 3.12. The van der Waals surface area contributed by atoms with Gasteiger partial charge in [-0.1, -0.05) is 36.4 Å². The SMILES string of the molecule is O=c1oc2ccccc2c2c1C(c1ccccc1F)c1c(ncn3nc(-c4ccccn4)nc13)O2. The summed E-state index contributed by atoms with van der Waals surface area (Å²) in [6.45, 7) is 0. The summed E-state index contributed by atoms with van der Waals surface area (Å²) in [5.74, 6) is -0.486. The van der Waals surface area contributed by atoms with Gasteiger partial charge >= 0.3 is 5.63 Å². The van der Waals surface area contributed by atoms with Crippen LogP contribution in [0.2, 0.25) is 0 Å². The number of fused-ring (bicyclic) bond motifs is 6. The monoisotopic (exact) mass is 463 g/mol. The molecule has 0 amide bonds. The second kappa shape index (κ2) is 7.29. The Morgan fingerprint density at radius 2 is 1.74 bits per heavy atom. The molecule has 0 aliphatic carbocycles. The van der Waals surface area contributed by atoms with E-state index in [-0.39, 0.29) is 17.0 Å². The molecule has 9 heteroatoms. The lowest BCUT2D eigenvalue weighted by Gasteiger charge is -2.27. The molecule has 6 aromatic rings. The van der Waals surface area contributed by atoms with E-state index >= 15 is 4.39 Å². The predicted molar refractivity (Wildman–Crippen MR) is 124 cm³/mol. The summed E-state index contributed by atoms with van der Waals surface area (Å²) in [4.78, 5) is 26.8. The Kier molecular flexibility index (Phi) is 4.07. The Morgan fingerprint density at radius 3 is 2.60 bits per heavy atom. The van der Waals surface area contributed by atoms with Crippen LogP contribution >= 0.6 is 0 Å². The van der Waals surface area contributed by atoms with Crippen molar-refractivity contribution in [3.63, 3.8) is 0 Å². The molecule has 0 saturated carbocycles. The van der Waals surface area contributed by atoms with Crippen LogP contribution in [-0.4, -0.2) is 24.6 Å². The van der Waals surface area contributed by atoms with Crippen molar-refractivity contribution >= 4 is 16.6 Å². The summed E-state index contributed by atoms with van der Waals surface area (Å²) in [7, 11) is 0. The van der Waals surface area contributed by atoms with Crippen LogP contribution in [0.5, 0.6) is 11.6 Å². The first-order valence-corrected chi connectivity index (χ1v) is 10.8. The van der Waals surface area contributed by atoms with Crippen molar-refractivity contribution in [2.75, 3.05) is 0 Å². The van der Waals surface area contributed by atoms with Gasteiger partial charge in [-0.25, -0.2) is 23.7 Å². The number of para-hydroxylation sites is 1. The van der Waals surface area contributed by atoms with Crippen molar-refractivity contribution in [3.05, 3.63) is 112 Å². The Balaban J connectivity index is 1.58. The average Bonchev–Trinajstić information content (AvgIpc) is 3.33. The fourth-order valence-corrected chi connectivity index (χ4v) is 4.55. The fourth-order valence-electron chi connectivity index (χ4n) is 4.55. The molecule has 1 aliphatic rings. The van der Waals surface area contributed by atoms with Crippen LogP contribution in [-0.2, 0) is 0 Å². The highest BCUT2D eigenvalue weighted by Crippen LogP contribution is 2.49. The number of benzene rings is 2. The molecule has 0 radical (unpaired) electrons. The summed E-state index contributed by atoms with van der Waals surface area (Å²) in [6, 6.07) is 18.8. The third-order valence-electron chi connectivity index (χ3n) is 6.07. The first-order valence-electron chi connectivity index (χ1n) is 10.8. The maximum atomic E-state index is 15.2. The van der Waals surface area contributed by atoms with Gasteiger partial charge in [0.05, 0.1) is 22.4 Å². The molecule has 8 nitrogen and oxygen atoms in total. The van der Waals surface area contributed by atoms with E-state index in [1.165, 1.54) is 16.9 Å². The minimum Gasteiger partial charge on any atom is -0.437 e. The molecule has 0 bridgehead atoms. The zero-order valence-electron chi connectivity index (χ0n) is 17.9. The molecule has 4 aromatic heterocycles. The van der Waals surface area contributed by atoms with Crippen LogP contribution in [0.25, 0.3) is 28.1 Å². The zero-order valence-corrected chi connectivity index (χ0v) is 17.9. The van der Waals surface area contributed by atoms with Crippen LogP contribution in [0.4, 0.5) is 4.39 Å². The molecule has 1 aliphatic heterocycles. The van der Waals surface area contributed by atoms with Crippen molar-refractivity contribution in [1.29, 1.82) is 0 Å². The van der Waals surface area contributed by atoms with Gasteiger partial charge < -0.3 is 9.15 Å². The smallest absolute Gasteiger partial charge is 0.344 e. The first kappa shape index (κ1) is 19.5. The molecule has 1 unspecified atom stereocenters. The van der Waals surface area contributed by atoms with Gasteiger partial charge in [0.25, 0.3) is 0 Å². The Labute approximate surface area is 196 Å². The van der Waals surface area contributed by atoms with Crippen LogP contribution in [0, 0.1) is 5.82 Å². The third kappa shape index (κ3) is 2.88. The Hall–Kier alpha value is -4.92. The van der Waals surface area contributed by atoms with E-state index in [0.717, 1.165) is 0 Å². The lowest BCUT2D eigenvalue weighted by Crippen LogP contribution is -2.23. The molecule has 0 spiro atoms. The van der Waals surface area contributed by atoms with E-state index in [1.807, 2.05) is 12.1 Å². The van der Waals surface area contributed by atoms with Gasteiger partial charge in [0.2, 0.25) is 11.7 Å². The fraction of sp³-hybridized carbons (Fsp3) is 0.0385. The van der Waals surface area contributed by atoms with Crippen molar-refractivity contribution < 1.29 is 13.5 Å². The molecule has 0 N–H and O–H groups in total. The van der Waals surface area contributed by atoms with E-state index in [1.54, 1.807) is 54.7 Å². The highest BCUT2D eigenvalue weighted by molar-refractivity contribution is 5.86. The maximum absolute atomic E-state index is 15.2. The molecular weight excluding hydrogens is 449 g/mol. The van der Waals surface area contributed by atoms with Gasteiger partial charge in [-0.05, 0) is 30.3 Å². The second-order valence-electron chi connectivity index (χ2n) is 8.07. The van der Waals surface area contributed by atoms with Crippen LogP contribution in [0.3, 0.4) is 0 Å². The number of ether oxygens (including phenoxy) is 1. The molecule has 168 valence electrons. The highest BCUT2D eigenvalue weighted by atomic mass is 19.1. The average molecular weight is 463 g/mol. The van der Waals surface area contributed by atoms with E-state index in [4.69, 9.17) is 9.15 Å². The van der Waals surface area contributed by atoms with Crippen LogP contribution < -0.4 is 10.4 Å². The predicted octanol–water partition coefficient (Wildman–Crippen LogP) is 4.72. The number of hydrogen-bond donors (Lipinski definition) is 0. The quantitative estimate of drug-likeness (QED) is 0.343. The van der Waals surface area contributed by atoms with E-state index in [0.29, 0.717) is 39.4 Å². The number of rotatable bonds is 2. The van der Waals surface area contributed by atoms with E-state index in [2.05, 4.69) is 20.1 Å². The van der Waals surface area contributed by atoms with Gasteiger partial charge in [-0.3, -0.25) is 4.98 Å². The third-order valence-corrected chi connectivity index (χ3v) is 6.07. The minimum atomic E-state index is -0.882. The van der Waals surface area contributed by atoms with Crippen molar-refractivity contribution in [2.45, 2.75) is 5.92 Å². The van der Waals surface area contributed by atoms with Crippen LogP contribution in [0.15, 0.2) is 88.5 Å². The molecular formula is C26H14FN5O3. The Bertz CT molecular complexity index is 1830. The summed E-state index contributed by atoms with van der Waals surface area (Å²) in [5.41, 5.74) is 1.56. The van der Waals surface area contributed by atoms with E-state index in [9.17, 15) is 4.79 Å². The first-order chi connectivity index (χ1) is 17.2. The summed E-state index contributed by atoms with van der Waals surface area (Å²) in [5, 5.41) is 5.09. The Morgan fingerprint density at radius 1 is 0.914 bits per heavy atom. The zero-order chi connectivity index (χ0) is 23.5. The normalized spacial score (nSPS) is 14.5. The molecule has 35 heavy (non-hydrogen) atoms. The topological polar surface area (TPSA) is 95.4 Å². The largest absolute Gasteiger partial charge is 0.437 e. The molecule has 2 aromatic carbocycles. The number of hydrogen-bond acceptors (Lipinski definition) is 7. The lowest BCUT2D eigenvalue weighted by molar-refractivity contribution is 0.420. The van der Waals surface area contributed by atoms with Gasteiger partial charge in [0.15, 0.2) is 11.4 Å². The number of aromatic nitrogens is 5. The maximum Gasteiger partial charge on any atom is 0.344 e.